The summed E-state index contributed by atoms with van der Waals surface area (Å²) in [5.41, 5.74) is 7.55. The van der Waals surface area contributed by atoms with Gasteiger partial charge in [-0.2, -0.15) is 0 Å². The molecule has 10 atom stereocenters. The Labute approximate surface area is 347 Å². The second-order valence-electron chi connectivity index (χ2n) is 20.0. The van der Waals surface area contributed by atoms with Gasteiger partial charge >= 0.3 is 0 Å². The van der Waals surface area contributed by atoms with Crippen LogP contribution in [0.25, 0.3) is 0 Å². The Bertz CT molecular complexity index is 1030. The highest BCUT2D eigenvalue weighted by Gasteiger charge is 2.50. The van der Waals surface area contributed by atoms with E-state index < -0.39 is 55.4 Å². The molecule has 2 heterocycles. The van der Waals surface area contributed by atoms with E-state index in [0.29, 0.717) is 6.42 Å². The summed E-state index contributed by atoms with van der Waals surface area (Å²) in [4.78, 5) is 0. The van der Waals surface area contributed by atoms with E-state index in [1.807, 2.05) is 0 Å². The zero-order chi connectivity index (χ0) is 40.5. The van der Waals surface area contributed by atoms with Crippen LogP contribution in [0.1, 0.15) is 200 Å². The molecule has 0 aromatic rings. The molecule has 0 amide bonds. The molecule has 4 aliphatic carbocycles. The molecule has 0 aromatic heterocycles. The van der Waals surface area contributed by atoms with Crippen molar-refractivity contribution in [1.29, 1.82) is 0 Å². The highest BCUT2D eigenvalue weighted by atomic mass is 16.7. The van der Waals surface area contributed by atoms with Crippen molar-refractivity contribution in [3.8, 4) is 0 Å². The number of unbranched alkanes of at least 4 members (excludes halogenated alkanes) is 18. The lowest BCUT2D eigenvalue weighted by atomic mass is 9.48. The summed E-state index contributed by atoms with van der Waals surface area (Å²) in [5.74, 6) is 2.69. The maximum absolute atomic E-state index is 11.5. The molecule has 7 unspecified atom stereocenters. The molecule has 10 nitrogen and oxygen atoms in total. The highest BCUT2D eigenvalue weighted by molar-refractivity contribution is 5.01. The van der Waals surface area contributed by atoms with Gasteiger partial charge in [0.1, 0.15) is 24.4 Å². The summed E-state index contributed by atoms with van der Waals surface area (Å²) in [6, 6.07) is 0.0694. The van der Waals surface area contributed by atoms with E-state index in [1.54, 1.807) is 38.5 Å². The van der Waals surface area contributed by atoms with Gasteiger partial charge in [0, 0.05) is 18.0 Å². The van der Waals surface area contributed by atoms with Crippen molar-refractivity contribution in [1.82, 2.24) is 10.9 Å². The fourth-order valence-electron chi connectivity index (χ4n) is 12.2. The van der Waals surface area contributed by atoms with E-state index in [1.165, 1.54) is 109 Å². The molecule has 57 heavy (non-hydrogen) atoms. The van der Waals surface area contributed by atoms with Crippen molar-refractivity contribution in [2.24, 2.45) is 29.1 Å². The van der Waals surface area contributed by atoms with Crippen molar-refractivity contribution in [3.63, 3.8) is 0 Å². The Hall–Kier alpha value is -0.400. The lowest BCUT2D eigenvalue weighted by Crippen LogP contribution is -2.59. The predicted molar refractivity (Wildman–Crippen MR) is 226 cm³/mol. The van der Waals surface area contributed by atoms with E-state index in [9.17, 15) is 30.6 Å². The summed E-state index contributed by atoms with van der Waals surface area (Å²) in [6.07, 6.45) is 29.6. The van der Waals surface area contributed by atoms with Gasteiger partial charge in [0.2, 0.25) is 0 Å². The molecule has 0 spiro atoms. The standard InChI is InChI=1S/C47H88N2O8/c1-2-3-4-5-6-7-8-9-10-14-17-20-23-40(51)42(52)38(33-56-46-45(55)44(54)43(53)41(32-50)57-46)39-28-37(48-49-39)22-19-16-13-11-12-15-18-21-24-47-29-34-25-35(30-47)27-36(26-34)31-47/h34-46,48-55H,2-33H2,1H3/t34?,35?,36?,37?,38-,39?,40-,41?,42+,43?,44?,45?,46?,47?/m1/s1. The third kappa shape index (κ3) is 15.2. The molecule has 4 saturated carbocycles. The van der Waals surface area contributed by atoms with Gasteiger partial charge < -0.3 is 40.1 Å². The Morgan fingerprint density at radius 1 is 0.632 bits per heavy atom. The lowest BCUT2D eigenvalue weighted by Gasteiger charge is -2.57. The second kappa shape index (κ2) is 25.5. The molecule has 0 radical (unpaired) electrons. The van der Waals surface area contributed by atoms with Crippen LogP contribution in [0.5, 0.6) is 0 Å². The summed E-state index contributed by atoms with van der Waals surface area (Å²) in [6.45, 7) is 1.69. The van der Waals surface area contributed by atoms with E-state index in [-0.39, 0.29) is 18.7 Å². The van der Waals surface area contributed by atoms with E-state index in [4.69, 9.17) is 9.47 Å². The number of hydrogen-bond acceptors (Lipinski definition) is 10. The molecular weight excluding hydrogens is 721 g/mol. The minimum Gasteiger partial charge on any atom is -0.394 e. The van der Waals surface area contributed by atoms with E-state index in [2.05, 4.69) is 17.8 Å². The summed E-state index contributed by atoms with van der Waals surface area (Å²) < 4.78 is 11.6. The van der Waals surface area contributed by atoms with Crippen molar-refractivity contribution < 1.29 is 40.1 Å². The largest absolute Gasteiger partial charge is 0.394 e. The maximum atomic E-state index is 11.5. The molecule has 2 aliphatic heterocycles. The summed E-state index contributed by atoms with van der Waals surface area (Å²) in [7, 11) is 0. The smallest absolute Gasteiger partial charge is 0.186 e. The molecule has 6 fully saturated rings. The van der Waals surface area contributed by atoms with E-state index >= 15 is 0 Å². The average Bonchev–Trinajstić information content (AvgIpc) is 3.66. The number of ether oxygens (including phenoxy) is 2. The number of nitrogens with one attached hydrogen (secondary N) is 2. The number of rotatable bonds is 31. The zero-order valence-corrected chi connectivity index (χ0v) is 36.1. The van der Waals surface area contributed by atoms with Crippen LogP contribution < -0.4 is 10.9 Å². The van der Waals surface area contributed by atoms with Crippen LogP contribution in [0.3, 0.4) is 0 Å². The topological polar surface area (TPSA) is 164 Å². The number of aliphatic hydroxyl groups excluding tert-OH is 6. The molecular formula is C47H88N2O8. The van der Waals surface area contributed by atoms with Gasteiger partial charge in [-0.25, -0.2) is 0 Å². The van der Waals surface area contributed by atoms with Gasteiger partial charge in [-0.05, 0) is 87.4 Å². The van der Waals surface area contributed by atoms with Crippen molar-refractivity contribution in [2.45, 2.75) is 255 Å². The van der Waals surface area contributed by atoms with Gasteiger partial charge in [-0.3, -0.25) is 10.9 Å². The molecule has 2 saturated heterocycles. The monoisotopic (exact) mass is 809 g/mol. The SMILES string of the molecule is CCCCCCCCCCCCCC[C@@H](O)[C@@H](O)[C@H](COC1OC(CO)C(O)C(O)C1O)C1CC(CCCCCCCCCCC23CC4CC(CC(C4)C2)C3)NN1. The first-order valence-corrected chi connectivity index (χ1v) is 24.5. The molecule has 4 bridgehead atoms. The first kappa shape index (κ1) is 47.6. The van der Waals surface area contributed by atoms with Crippen LogP contribution in [0.15, 0.2) is 0 Å². The Morgan fingerprint density at radius 3 is 1.72 bits per heavy atom. The first-order valence-electron chi connectivity index (χ1n) is 24.5. The van der Waals surface area contributed by atoms with Gasteiger partial charge in [0.25, 0.3) is 0 Å². The Kier molecular flexibility index (Phi) is 21.3. The van der Waals surface area contributed by atoms with Crippen molar-refractivity contribution >= 4 is 0 Å². The molecule has 8 N–H and O–H groups in total. The fourth-order valence-corrected chi connectivity index (χ4v) is 12.2. The van der Waals surface area contributed by atoms with Crippen LogP contribution in [0, 0.1) is 29.1 Å². The van der Waals surface area contributed by atoms with Crippen LogP contribution in [-0.4, -0.2) is 98.9 Å². The van der Waals surface area contributed by atoms with Gasteiger partial charge in [0.15, 0.2) is 6.29 Å². The third-order valence-corrected chi connectivity index (χ3v) is 15.2. The van der Waals surface area contributed by atoms with Crippen LogP contribution in [0.4, 0.5) is 0 Å². The Morgan fingerprint density at radius 2 is 1.16 bits per heavy atom. The van der Waals surface area contributed by atoms with Gasteiger partial charge in [0.05, 0.1) is 25.4 Å². The minimum absolute atomic E-state index is 0.0338. The summed E-state index contributed by atoms with van der Waals surface area (Å²) >= 11 is 0. The molecule has 10 heteroatoms. The van der Waals surface area contributed by atoms with Crippen LogP contribution >= 0.6 is 0 Å². The molecule has 6 aliphatic rings. The Balaban J connectivity index is 0.965. The van der Waals surface area contributed by atoms with Crippen LogP contribution in [0.2, 0.25) is 0 Å². The average molecular weight is 809 g/mol. The predicted octanol–water partition coefficient (Wildman–Crippen LogP) is 7.58. The molecule has 0 aromatic carbocycles. The van der Waals surface area contributed by atoms with Crippen molar-refractivity contribution in [2.75, 3.05) is 13.2 Å². The van der Waals surface area contributed by atoms with Gasteiger partial charge in [-0.1, -0.05) is 135 Å². The number of aliphatic hydroxyl groups is 6. The van der Waals surface area contributed by atoms with E-state index in [0.717, 1.165) is 61.7 Å². The third-order valence-electron chi connectivity index (χ3n) is 15.2. The minimum atomic E-state index is -1.53. The molecule has 6 rings (SSSR count). The highest BCUT2D eigenvalue weighted by Crippen LogP contribution is 2.61. The number of hydrogen-bond donors (Lipinski definition) is 8. The fraction of sp³-hybridized carbons (Fsp3) is 1.00. The lowest BCUT2D eigenvalue weighted by molar-refractivity contribution is -0.305. The maximum Gasteiger partial charge on any atom is 0.186 e. The molecule has 334 valence electrons. The first-order chi connectivity index (χ1) is 27.7. The van der Waals surface area contributed by atoms with Gasteiger partial charge in [-0.15, -0.1) is 0 Å². The normalized spacial score (nSPS) is 35.2. The van der Waals surface area contributed by atoms with Crippen LogP contribution in [-0.2, 0) is 9.47 Å². The number of hydrazine groups is 1. The quantitative estimate of drug-likeness (QED) is 0.0328. The zero-order valence-electron chi connectivity index (χ0n) is 36.1. The summed E-state index contributed by atoms with van der Waals surface area (Å²) in [5, 5.41) is 63.5. The van der Waals surface area contributed by atoms with Crippen molar-refractivity contribution in [3.05, 3.63) is 0 Å². The second-order valence-corrected chi connectivity index (χ2v) is 20.0.